The Hall–Kier alpha value is -3.01. The standard InChI is InChI=1S/C18H11NO3/c20-17-12-7-3-4-8-13(12)18(21)16(17)14-9-15(19-22)11-6-2-1-5-10(11)14/h1-8,22H,9H2. The summed E-state index contributed by atoms with van der Waals surface area (Å²) in [6, 6.07) is 14.2. The second kappa shape index (κ2) is 4.49. The van der Waals surface area contributed by atoms with E-state index in [1.54, 1.807) is 24.3 Å². The van der Waals surface area contributed by atoms with Crippen molar-refractivity contribution in [3.8, 4) is 0 Å². The van der Waals surface area contributed by atoms with Gasteiger partial charge in [0.1, 0.15) is 0 Å². The number of oxime groups is 1. The van der Waals surface area contributed by atoms with Gasteiger partial charge in [0.15, 0.2) is 11.6 Å². The maximum Gasteiger partial charge on any atom is 0.198 e. The molecule has 0 bridgehead atoms. The Labute approximate surface area is 126 Å². The molecule has 1 N–H and O–H groups in total. The van der Waals surface area contributed by atoms with E-state index in [9.17, 15) is 14.8 Å². The highest BCUT2D eigenvalue weighted by Crippen LogP contribution is 2.39. The van der Waals surface area contributed by atoms with E-state index < -0.39 is 0 Å². The number of carbonyl (C=O) groups excluding carboxylic acids is 2. The maximum atomic E-state index is 12.6. The highest BCUT2D eigenvalue weighted by Gasteiger charge is 2.38. The van der Waals surface area contributed by atoms with Gasteiger partial charge < -0.3 is 5.21 Å². The van der Waals surface area contributed by atoms with Crippen molar-refractivity contribution < 1.29 is 14.8 Å². The quantitative estimate of drug-likeness (QED) is 0.351. The molecule has 4 rings (SSSR count). The third-order valence-electron chi connectivity index (χ3n) is 4.20. The summed E-state index contributed by atoms with van der Waals surface area (Å²) in [5.74, 6) is -0.491. The summed E-state index contributed by atoms with van der Waals surface area (Å²) in [5, 5.41) is 12.5. The highest BCUT2D eigenvalue weighted by molar-refractivity contribution is 6.43. The minimum absolute atomic E-state index is 0.201. The summed E-state index contributed by atoms with van der Waals surface area (Å²) >= 11 is 0. The van der Waals surface area contributed by atoms with E-state index in [-0.39, 0.29) is 23.6 Å². The summed E-state index contributed by atoms with van der Waals surface area (Å²) in [6.07, 6.45) is 0.288. The molecular formula is C18H11NO3. The number of nitrogens with zero attached hydrogens (tertiary/aromatic N) is 1. The molecule has 2 aliphatic carbocycles. The van der Waals surface area contributed by atoms with Crippen molar-refractivity contribution in [3.05, 3.63) is 76.4 Å². The van der Waals surface area contributed by atoms with Gasteiger partial charge in [-0.1, -0.05) is 53.7 Å². The van der Waals surface area contributed by atoms with Crippen LogP contribution in [0.3, 0.4) is 0 Å². The van der Waals surface area contributed by atoms with Crippen LogP contribution in [0.2, 0.25) is 0 Å². The minimum Gasteiger partial charge on any atom is -0.411 e. The number of hydrogen-bond donors (Lipinski definition) is 1. The van der Waals surface area contributed by atoms with Crippen LogP contribution in [-0.2, 0) is 0 Å². The van der Waals surface area contributed by atoms with Gasteiger partial charge in [-0.05, 0) is 11.1 Å². The summed E-state index contributed by atoms with van der Waals surface area (Å²) in [7, 11) is 0. The van der Waals surface area contributed by atoms with Crippen molar-refractivity contribution in [3.63, 3.8) is 0 Å². The molecule has 0 heterocycles. The maximum absolute atomic E-state index is 12.6. The van der Waals surface area contributed by atoms with Crippen molar-refractivity contribution >= 4 is 22.9 Å². The van der Waals surface area contributed by atoms with Gasteiger partial charge in [-0.2, -0.15) is 0 Å². The van der Waals surface area contributed by atoms with Gasteiger partial charge in [0, 0.05) is 23.1 Å². The van der Waals surface area contributed by atoms with E-state index in [1.807, 2.05) is 24.3 Å². The van der Waals surface area contributed by atoms with Crippen molar-refractivity contribution in [1.29, 1.82) is 0 Å². The van der Waals surface area contributed by atoms with E-state index in [0.717, 1.165) is 11.1 Å². The number of allylic oxidation sites excluding steroid dienone is 2. The number of rotatable bonds is 0. The molecule has 2 aromatic carbocycles. The van der Waals surface area contributed by atoms with E-state index >= 15 is 0 Å². The topological polar surface area (TPSA) is 66.7 Å². The number of benzene rings is 2. The molecule has 0 unspecified atom stereocenters. The Kier molecular flexibility index (Phi) is 2.60. The van der Waals surface area contributed by atoms with Crippen LogP contribution in [0.25, 0.3) is 5.57 Å². The normalized spacial score (nSPS) is 18.1. The molecule has 0 radical (unpaired) electrons. The fourth-order valence-electron chi connectivity index (χ4n) is 3.19. The molecule has 2 aromatic rings. The molecule has 4 heteroatoms. The lowest BCUT2D eigenvalue weighted by atomic mass is 9.98. The first-order chi connectivity index (χ1) is 10.7. The zero-order valence-electron chi connectivity index (χ0n) is 11.5. The predicted octanol–water partition coefficient (Wildman–Crippen LogP) is 3.10. The molecular weight excluding hydrogens is 278 g/mol. The molecule has 0 amide bonds. The van der Waals surface area contributed by atoms with Crippen LogP contribution in [0.5, 0.6) is 0 Å². The Morgan fingerprint density at radius 3 is 1.82 bits per heavy atom. The average Bonchev–Trinajstić information content (AvgIpc) is 3.04. The molecule has 2 aliphatic rings. The Morgan fingerprint density at radius 1 is 0.773 bits per heavy atom. The minimum atomic E-state index is -0.246. The van der Waals surface area contributed by atoms with E-state index in [4.69, 9.17) is 0 Å². The van der Waals surface area contributed by atoms with E-state index in [2.05, 4.69) is 5.16 Å². The van der Waals surface area contributed by atoms with E-state index in [1.165, 1.54) is 0 Å². The number of carbonyl (C=O) groups is 2. The molecule has 0 saturated heterocycles. The Morgan fingerprint density at radius 2 is 1.27 bits per heavy atom. The largest absolute Gasteiger partial charge is 0.411 e. The molecule has 106 valence electrons. The van der Waals surface area contributed by atoms with E-state index in [0.29, 0.717) is 22.4 Å². The van der Waals surface area contributed by atoms with Gasteiger partial charge in [-0.15, -0.1) is 0 Å². The van der Waals surface area contributed by atoms with Gasteiger partial charge in [0.2, 0.25) is 0 Å². The first kappa shape index (κ1) is 12.7. The van der Waals surface area contributed by atoms with Crippen LogP contribution >= 0.6 is 0 Å². The van der Waals surface area contributed by atoms with Gasteiger partial charge in [0.05, 0.1) is 11.3 Å². The number of fused-ring (bicyclic) bond motifs is 2. The van der Waals surface area contributed by atoms with Crippen molar-refractivity contribution in [2.24, 2.45) is 5.16 Å². The fourth-order valence-corrected chi connectivity index (χ4v) is 3.19. The summed E-state index contributed by atoms with van der Waals surface area (Å²) < 4.78 is 0. The van der Waals surface area contributed by atoms with Crippen LogP contribution in [0, 0.1) is 0 Å². The molecule has 0 aliphatic heterocycles. The molecule has 0 spiro atoms. The second-order valence-electron chi connectivity index (χ2n) is 5.33. The first-order valence-corrected chi connectivity index (χ1v) is 6.94. The summed E-state index contributed by atoms with van der Waals surface area (Å²) in [6.45, 7) is 0. The van der Waals surface area contributed by atoms with Crippen LogP contribution < -0.4 is 0 Å². The molecule has 0 atom stereocenters. The Bertz CT molecular complexity index is 869. The average molecular weight is 289 g/mol. The van der Waals surface area contributed by atoms with Crippen molar-refractivity contribution in [2.75, 3.05) is 0 Å². The highest BCUT2D eigenvalue weighted by atomic mass is 16.4. The van der Waals surface area contributed by atoms with Gasteiger partial charge in [-0.3, -0.25) is 9.59 Å². The lowest BCUT2D eigenvalue weighted by molar-refractivity contribution is 0.0989. The Balaban J connectivity index is 1.99. The van der Waals surface area contributed by atoms with Crippen LogP contribution in [0.1, 0.15) is 38.3 Å². The first-order valence-electron chi connectivity index (χ1n) is 6.94. The number of hydrogen-bond acceptors (Lipinski definition) is 4. The number of ketones is 2. The van der Waals surface area contributed by atoms with Gasteiger partial charge in [0.25, 0.3) is 0 Å². The fraction of sp³-hybridized carbons (Fsp3) is 0.0556. The molecule has 4 nitrogen and oxygen atoms in total. The molecule has 22 heavy (non-hydrogen) atoms. The SMILES string of the molecule is O=C1C(=C2CC(=NO)c3ccccc32)C(=O)c2ccccc21. The zero-order valence-corrected chi connectivity index (χ0v) is 11.5. The monoisotopic (exact) mass is 289 g/mol. The smallest absolute Gasteiger partial charge is 0.198 e. The molecule has 0 fully saturated rings. The van der Waals surface area contributed by atoms with Crippen LogP contribution in [0.4, 0.5) is 0 Å². The van der Waals surface area contributed by atoms with Crippen LogP contribution in [-0.4, -0.2) is 22.5 Å². The number of Topliss-reactive ketones (excluding diaryl/α,β-unsaturated/α-hetero) is 2. The lowest BCUT2D eigenvalue weighted by Gasteiger charge is -2.03. The third kappa shape index (κ3) is 1.55. The zero-order chi connectivity index (χ0) is 15.3. The lowest BCUT2D eigenvalue weighted by Crippen LogP contribution is -2.04. The molecule has 0 aromatic heterocycles. The summed E-state index contributed by atoms with van der Waals surface area (Å²) in [4.78, 5) is 25.2. The predicted molar refractivity (Wildman–Crippen MR) is 81.4 cm³/mol. The molecule has 0 saturated carbocycles. The van der Waals surface area contributed by atoms with Gasteiger partial charge >= 0.3 is 0 Å². The van der Waals surface area contributed by atoms with Crippen molar-refractivity contribution in [1.82, 2.24) is 0 Å². The summed E-state index contributed by atoms with van der Waals surface area (Å²) in [5.41, 5.74) is 3.78. The third-order valence-corrected chi connectivity index (χ3v) is 4.20. The van der Waals surface area contributed by atoms with Crippen LogP contribution in [0.15, 0.2) is 59.3 Å². The van der Waals surface area contributed by atoms with Gasteiger partial charge in [-0.25, -0.2) is 0 Å². The van der Waals surface area contributed by atoms with Crippen molar-refractivity contribution in [2.45, 2.75) is 6.42 Å². The second-order valence-corrected chi connectivity index (χ2v) is 5.33.